The van der Waals surface area contributed by atoms with Gasteiger partial charge in [-0.1, -0.05) is 6.07 Å². The maximum Gasteiger partial charge on any atom is 0.410 e. The molecule has 1 unspecified atom stereocenters. The van der Waals surface area contributed by atoms with Crippen molar-refractivity contribution in [3.8, 4) is 11.5 Å². The third-order valence-electron chi connectivity index (χ3n) is 5.24. The van der Waals surface area contributed by atoms with Crippen molar-refractivity contribution in [2.75, 3.05) is 13.2 Å². The number of carbonyl (C=O) groups is 1. The number of fused-ring (bicyclic) bond motifs is 2. The lowest BCUT2D eigenvalue weighted by Crippen LogP contribution is -2.39. The number of carbonyl (C=O) groups excluding carboxylic acids is 1. The van der Waals surface area contributed by atoms with E-state index < -0.39 is 17.7 Å². The summed E-state index contributed by atoms with van der Waals surface area (Å²) in [5, 5.41) is 10.5. The third-order valence-corrected chi connectivity index (χ3v) is 5.24. The molecule has 1 amide bonds. The zero-order valence-electron chi connectivity index (χ0n) is 19.1. The molecule has 1 aromatic carbocycles. The number of ether oxygens (including phenoxy) is 3. The minimum absolute atomic E-state index is 0.00837. The van der Waals surface area contributed by atoms with Crippen LogP contribution < -0.4 is 4.74 Å². The number of halogens is 1. The topological polar surface area (TPSA) is 96.9 Å². The molecule has 0 spiro atoms. The Balaban J connectivity index is 1.59. The largest absolute Gasteiger partial charge is 0.453 e. The number of amides is 1. The normalized spacial score (nSPS) is 14.8. The number of pyridine rings is 1. The number of nitrogens with one attached hydrogen (secondary N) is 1. The molecule has 8 nitrogen and oxygen atoms in total. The number of aromatic nitrogens is 2. The second-order valence-electron chi connectivity index (χ2n) is 8.91. The highest BCUT2D eigenvalue weighted by Gasteiger charge is 2.26. The summed E-state index contributed by atoms with van der Waals surface area (Å²) in [5.74, 6) is -0.211. The molecule has 2 N–H and O–H groups in total. The predicted molar refractivity (Wildman–Crippen MR) is 120 cm³/mol. The summed E-state index contributed by atoms with van der Waals surface area (Å²) in [6.45, 7) is 8.52. The van der Waals surface area contributed by atoms with Crippen LogP contribution >= 0.6 is 0 Å². The highest BCUT2D eigenvalue weighted by atomic mass is 19.1. The van der Waals surface area contributed by atoms with Crippen molar-refractivity contribution in [3.63, 3.8) is 0 Å². The van der Waals surface area contributed by atoms with Gasteiger partial charge in [-0.2, -0.15) is 0 Å². The van der Waals surface area contributed by atoms with Gasteiger partial charge in [-0.3, -0.25) is 0 Å². The number of nitrogens with zero attached hydrogens (tertiary/aromatic N) is 2. The van der Waals surface area contributed by atoms with E-state index in [0.717, 1.165) is 17.3 Å². The predicted octanol–water partition coefficient (Wildman–Crippen LogP) is 4.81. The number of benzene rings is 1. The Kier molecular flexibility index (Phi) is 6.27. The van der Waals surface area contributed by atoms with Gasteiger partial charge in [0.25, 0.3) is 0 Å². The Morgan fingerprint density at radius 3 is 2.82 bits per heavy atom. The molecule has 0 saturated heterocycles. The molecular formula is C24H28FN3O5. The van der Waals surface area contributed by atoms with Crippen LogP contribution in [0.4, 0.5) is 9.18 Å². The van der Waals surface area contributed by atoms with Crippen LogP contribution in [0.15, 0.2) is 30.5 Å². The molecule has 33 heavy (non-hydrogen) atoms. The van der Waals surface area contributed by atoms with Gasteiger partial charge in [0.05, 0.1) is 17.3 Å². The van der Waals surface area contributed by atoms with Crippen LogP contribution in [0.5, 0.6) is 11.5 Å². The number of aromatic amines is 1. The molecule has 0 bridgehead atoms. The number of hydrogen-bond acceptors (Lipinski definition) is 6. The number of rotatable bonds is 5. The van der Waals surface area contributed by atoms with Crippen molar-refractivity contribution in [3.05, 3.63) is 53.1 Å². The molecule has 3 heterocycles. The molecule has 9 heteroatoms. The molecule has 0 saturated carbocycles. The monoisotopic (exact) mass is 457 g/mol. The first-order valence-corrected chi connectivity index (χ1v) is 10.9. The zero-order chi connectivity index (χ0) is 23.8. The second-order valence-corrected chi connectivity index (χ2v) is 8.91. The van der Waals surface area contributed by atoms with Crippen LogP contribution in [0, 0.1) is 5.82 Å². The molecule has 1 aliphatic rings. The number of aliphatic hydroxyl groups is 1. The van der Waals surface area contributed by atoms with Crippen LogP contribution in [0.3, 0.4) is 0 Å². The summed E-state index contributed by atoms with van der Waals surface area (Å²) >= 11 is 0. The lowest BCUT2D eigenvalue weighted by atomic mass is 10.00. The van der Waals surface area contributed by atoms with E-state index in [9.17, 15) is 14.3 Å². The van der Waals surface area contributed by atoms with Gasteiger partial charge >= 0.3 is 6.09 Å². The lowest BCUT2D eigenvalue weighted by Gasteiger charge is -2.31. The average molecular weight is 458 g/mol. The Bertz CT molecular complexity index is 1170. The second kappa shape index (κ2) is 8.99. The standard InChI is InChI=1S/C24H28FN3O5/c1-5-31-22(29)19-11-17-20(18(25)12-26-21(17)27-19)32-16-7-6-14-8-9-28(13-15(14)10-16)23(30)33-24(2,3)4/h6-7,10-12,22,29H,5,8-9,13H2,1-4H3,(H,26,27). The lowest BCUT2D eigenvalue weighted by molar-refractivity contribution is -0.100. The minimum atomic E-state index is -1.18. The highest BCUT2D eigenvalue weighted by Crippen LogP contribution is 2.35. The van der Waals surface area contributed by atoms with Crippen LogP contribution in [0.2, 0.25) is 0 Å². The maximum atomic E-state index is 14.7. The average Bonchev–Trinajstić information content (AvgIpc) is 3.19. The maximum absolute atomic E-state index is 14.7. The fraction of sp³-hybridized carbons (Fsp3) is 0.417. The Hall–Kier alpha value is -3.17. The zero-order valence-corrected chi connectivity index (χ0v) is 19.1. The molecule has 0 fully saturated rings. The van der Waals surface area contributed by atoms with Gasteiger partial charge in [0.2, 0.25) is 0 Å². The van der Waals surface area contributed by atoms with E-state index in [-0.39, 0.29) is 11.8 Å². The van der Waals surface area contributed by atoms with E-state index in [1.54, 1.807) is 30.0 Å². The van der Waals surface area contributed by atoms with Crippen LogP contribution in [-0.4, -0.2) is 44.8 Å². The summed E-state index contributed by atoms with van der Waals surface area (Å²) in [4.78, 5) is 21.1. The molecule has 1 aliphatic heterocycles. The van der Waals surface area contributed by atoms with Gasteiger partial charge in [-0.15, -0.1) is 0 Å². The van der Waals surface area contributed by atoms with Crippen LogP contribution in [0.1, 0.15) is 50.8 Å². The molecule has 2 aromatic heterocycles. The number of H-pyrrole nitrogens is 1. The van der Waals surface area contributed by atoms with Gasteiger partial charge in [0.15, 0.2) is 17.9 Å². The van der Waals surface area contributed by atoms with Crippen molar-refractivity contribution >= 4 is 17.1 Å². The fourth-order valence-electron chi connectivity index (χ4n) is 3.73. The van der Waals surface area contributed by atoms with E-state index in [0.29, 0.717) is 48.6 Å². The summed E-state index contributed by atoms with van der Waals surface area (Å²) in [5.41, 5.74) is 2.17. The first-order valence-electron chi connectivity index (χ1n) is 10.9. The minimum Gasteiger partial charge on any atom is -0.453 e. The number of hydrogen-bond donors (Lipinski definition) is 2. The molecule has 4 rings (SSSR count). The van der Waals surface area contributed by atoms with Gasteiger partial charge < -0.3 is 29.2 Å². The van der Waals surface area contributed by atoms with Gasteiger partial charge in [0.1, 0.15) is 17.0 Å². The van der Waals surface area contributed by atoms with Crippen LogP contribution in [0.25, 0.3) is 11.0 Å². The third kappa shape index (κ3) is 5.09. The smallest absolute Gasteiger partial charge is 0.410 e. The van der Waals surface area contributed by atoms with Crippen LogP contribution in [-0.2, 0) is 22.4 Å². The Morgan fingerprint density at radius 2 is 2.09 bits per heavy atom. The molecule has 0 radical (unpaired) electrons. The van der Waals surface area contributed by atoms with E-state index in [1.807, 2.05) is 26.8 Å². The summed E-state index contributed by atoms with van der Waals surface area (Å²) in [6, 6.07) is 7.06. The van der Waals surface area contributed by atoms with Crippen molar-refractivity contribution in [1.82, 2.24) is 14.9 Å². The molecule has 176 valence electrons. The molecule has 1 atom stereocenters. The van der Waals surface area contributed by atoms with E-state index in [4.69, 9.17) is 14.2 Å². The van der Waals surface area contributed by atoms with E-state index >= 15 is 0 Å². The summed E-state index contributed by atoms with van der Waals surface area (Å²) in [7, 11) is 0. The summed E-state index contributed by atoms with van der Waals surface area (Å²) < 4.78 is 31.3. The van der Waals surface area contributed by atoms with Crippen molar-refractivity contribution in [2.45, 2.75) is 52.6 Å². The molecule has 0 aliphatic carbocycles. The fourth-order valence-corrected chi connectivity index (χ4v) is 3.73. The highest BCUT2D eigenvalue weighted by molar-refractivity contribution is 5.84. The summed E-state index contributed by atoms with van der Waals surface area (Å²) in [6.07, 6.45) is 0.212. The van der Waals surface area contributed by atoms with Gasteiger partial charge in [0, 0.05) is 19.7 Å². The molecular weight excluding hydrogens is 429 g/mol. The quantitative estimate of drug-likeness (QED) is 0.534. The Labute approximate surface area is 191 Å². The van der Waals surface area contributed by atoms with Crippen molar-refractivity contribution in [1.29, 1.82) is 0 Å². The van der Waals surface area contributed by atoms with Gasteiger partial charge in [-0.05, 0) is 63.4 Å². The van der Waals surface area contributed by atoms with E-state index in [1.165, 1.54) is 0 Å². The van der Waals surface area contributed by atoms with E-state index in [2.05, 4.69) is 9.97 Å². The van der Waals surface area contributed by atoms with Crippen molar-refractivity contribution < 1.29 is 28.5 Å². The van der Waals surface area contributed by atoms with Gasteiger partial charge in [-0.25, -0.2) is 14.2 Å². The Morgan fingerprint density at radius 1 is 1.30 bits per heavy atom. The SMILES string of the molecule is CCOC(O)c1cc2c(Oc3ccc4c(c3)CN(C(=O)OC(C)(C)C)CC4)c(F)cnc2[nH]1. The number of aliphatic hydroxyl groups excluding tert-OH is 1. The first kappa shape index (κ1) is 23.0. The van der Waals surface area contributed by atoms with Crippen molar-refractivity contribution in [2.24, 2.45) is 0 Å². The first-order chi connectivity index (χ1) is 15.6. The molecule has 3 aromatic rings.